The minimum absolute atomic E-state index is 0.108. The van der Waals surface area contributed by atoms with E-state index in [2.05, 4.69) is 5.32 Å². The molecule has 0 aromatic rings. The maximum Gasteiger partial charge on any atom is 0.405 e. The minimum Gasteiger partial charge on any atom is -0.465 e. The molecule has 1 amide bonds. The molecule has 6 heteroatoms. The first-order valence-electron chi connectivity index (χ1n) is 4.16. The molecule has 0 radical (unpaired) electrons. The lowest BCUT2D eigenvalue weighted by Gasteiger charge is -2.18. The number of carbonyl (C=O) groups is 2. The minimum atomic E-state index is -1.24. The molecule has 0 heterocycles. The first-order chi connectivity index (χ1) is 6.34. The molecule has 0 fully saturated rings. The number of Topliss-reactive ketones (excluding diaryl/α,β-unsaturated/α-hetero) is 1. The monoisotopic (exact) mass is 221 g/mol. The molecular formula is C8H15NO4S. The van der Waals surface area contributed by atoms with Crippen LogP contribution in [0.3, 0.4) is 0 Å². The van der Waals surface area contributed by atoms with Gasteiger partial charge in [0.15, 0.2) is 5.78 Å². The van der Waals surface area contributed by atoms with Crippen molar-refractivity contribution in [3.63, 3.8) is 0 Å². The van der Waals surface area contributed by atoms with E-state index in [9.17, 15) is 13.8 Å². The number of rotatable bonds is 5. The largest absolute Gasteiger partial charge is 0.465 e. The molecule has 0 aliphatic rings. The molecule has 5 nitrogen and oxygen atoms in total. The van der Waals surface area contributed by atoms with Gasteiger partial charge in [-0.1, -0.05) is 13.8 Å². The van der Waals surface area contributed by atoms with Crippen LogP contribution in [-0.2, 0) is 15.6 Å². The third kappa shape index (κ3) is 4.96. The molecule has 0 aromatic carbocycles. The fourth-order valence-electron chi connectivity index (χ4n) is 1.04. The van der Waals surface area contributed by atoms with Gasteiger partial charge in [-0.2, -0.15) is 0 Å². The molecule has 0 rings (SSSR count). The summed E-state index contributed by atoms with van der Waals surface area (Å²) in [5.74, 6) is -0.575. The third-order valence-electron chi connectivity index (χ3n) is 1.64. The fourth-order valence-corrected chi connectivity index (χ4v) is 1.62. The van der Waals surface area contributed by atoms with Gasteiger partial charge in [0.1, 0.15) is 0 Å². The van der Waals surface area contributed by atoms with Crippen LogP contribution in [-0.4, -0.2) is 39.2 Å². The van der Waals surface area contributed by atoms with Crippen molar-refractivity contribution in [2.75, 3.05) is 12.0 Å². The van der Waals surface area contributed by atoms with Crippen molar-refractivity contribution in [2.24, 2.45) is 5.92 Å². The van der Waals surface area contributed by atoms with E-state index in [1.54, 1.807) is 13.8 Å². The van der Waals surface area contributed by atoms with Crippen molar-refractivity contribution < 1.29 is 18.9 Å². The van der Waals surface area contributed by atoms with Crippen molar-refractivity contribution in [1.29, 1.82) is 0 Å². The summed E-state index contributed by atoms with van der Waals surface area (Å²) in [5, 5.41) is 10.6. The number of hydrogen-bond acceptors (Lipinski definition) is 3. The van der Waals surface area contributed by atoms with Crippen LogP contribution in [0.15, 0.2) is 0 Å². The lowest BCUT2D eigenvalue weighted by molar-refractivity contribution is -0.119. The molecule has 0 saturated carbocycles. The Morgan fingerprint density at radius 3 is 2.21 bits per heavy atom. The Hall–Kier alpha value is -0.910. The molecule has 0 aliphatic carbocycles. The van der Waals surface area contributed by atoms with Crippen molar-refractivity contribution in [3.05, 3.63) is 0 Å². The third-order valence-corrected chi connectivity index (χ3v) is 2.33. The summed E-state index contributed by atoms with van der Waals surface area (Å²) >= 11 is 0. The van der Waals surface area contributed by atoms with Crippen LogP contribution in [0, 0.1) is 5.92 Å². The Kier molecular flexibility index (Phi) is 5.37. The topological polar surface area (TPSA) is 83.5 Å². The van der Waals surface area contributed by atoms with Crippen LogP contribution in [0.5, 0.6) is 0 Å². The average molecular weight is 221 g/mol. The molecular weight excluding hydrogens is 206 g/mol. The highest BCUT2D eigenvalue weighted by molar-refractivity contribution is 7.85. The molecule has 0 aliphatic heterocycles. The number of hydrogen-bond donors (Lipinski definition) is 2. The SMILES string of the molecule is CC(C)[C@H](NC(=O)O)C(=O)CS(C)=O. The van der Waals surface area contributed by atoms with Crippen LogP contribution < -0.4 is 5.32 Å². The van der Waals surface area contributed by atoms with Crippen molar-refractivity contribution in [1.82, 2.24) is 5.32 Å². The molecule has 1 unspecified atom stereocenters. The number of ketones is 1. The van der Waals surface area contributed by atoms with Crippen LogP contribution in [0.2, 0.25) is 0 Å². The smallest absolute Gasteiger partial charge is 0.405 e. The normalized spacial score (nSPS) is 14.9. The van der Waals surface area contributed by atoms with Gasteiger partial charge in [0.25, 0.3) is 0 Å². The Bertz CT molecular complexity index is 252. The summed E-state index contributed by atoms with van der Waals surface area (Å²) in [6.45, 7) is 3.47. The maximum atomic E-state index is 11.4. The molecule has 0 aromatic heterocycles. The van der Waals surface area contributed by atoms with Crippen LogP contribution >= 0.6 is 0 Å². The van der Waals surface area contributed by atoms with Crippen molar-refractivity contribution in [3.8, 4) is 0 Å². The van der Waals surface area contributed by atoms with Crippen LogP contribution in [0.25, 0.3) is 0 Å². The Labute approximate surface area is 85.3 Å². The van der Waals surface area contributed by atoms with E-state index >= 15 is 0 Å². The van der Waals surface area contributed by atoms with Crippen LogP contribution in [0.4, 0.5) is 4.79 Å². The lowest BCUT2D eigenvalue weighted by Crippen LogP contribution is -2.45. The second-order valence-electron chi connectivity index (χ2n) is 3.36. The van der Waals surface area contributed by atoms with E-state index in [0.29, 0.717) is 0 Å². The van der Waals surface area contributed by atoms with E-state index in [1.165, 1.54) is 6.26 Å². The molecule has 0 bridgehead atoms. The second kappa shape index (κ2) is 5.74. The maximum absolute atomic E-state index is 11.4. The van der Waals surface area contributed by atoms with E-state index in [-0.39, 0.29) is 17.5 Å². The van der Waals surface area contributed by atoms with E-state index in [0.717, 1.165) is 0 Å². The fraction of sp³-hybridized carbons (Fsp3) is 0.750. The van der Waals surface area contributed by atoms with E-state index in [1.807, 2.05) is 0 Å². The zero-order valence-corrected chi connectivity index (χ0v) is 9.26. The summed E-state index contributed by atoms with van der Waals surface area (Å²) in [4.78, 5) is 21.8. The Morgan fingerprint density at radius 2 is 1.93 bits per heavy atom. The highest BCUT2D eigenvalue weighted by Gasteiger charge is 2.24. The first kappa shape index (κ1) is 13.1. The van der Waals surface area contributed by atoms with E-state index < -0.39 is 22.9 Å². The molecule has 2 N–H and O–H groups in total. The zero-order chi connectivity index (χ0) is 11.3. The van der Waals surface area contributed by atoms with Crippen molar-refractivity contribution in [2.45, 2.75) is 19.9 Å². The van der Waals surface area contributed by atoms with Gasteiger partial charge >= 0.3 is 6.09 Å². The van der Waals surface area contributed by atoms with Gasteiger partial charge in [-0.25, -0.2) is 4.79 Å². The number of nitrogens with one attached hydrogen (secondary N) is 1. The summed E-state index contributed by atoms with van der Waals surface area (Å²) in [6, 6.07) is -0.767. The van der Waals surface area contributed by atoms with Gasteiger partial charge in [0.2, 0.25) is 0 Å². The highest BCUT2D eigenvalue weighted by Crippen LogP contribution is 2.03. The van der Waals surface area contributed by atoms with E-state index in [4.69, 9.17) is 5.11 Å². The first-order valence-corrected chi connectivity index (χ1v) is 5.89. The van der Waals surface area contributed by atoms with Gasteiger partial charge in [0.05, 0.1) is 11.8 Å². The van der Waals surface area contributed by atoms with Gasteiger partial charge < -0.3 is 10.4 Å². The standard InChI is InChI=1S/C8H15NO4S/c1-5(2)7(9-8(11)12)6(10)4-14(3)13/h5,7,9H,4H2,1-3H3,(H,11,12)/t7-,14?/m0/s1. The van der Waals surface area contributed by atoms with Gasteiger partial charge in [-0.05, 0) is 5.92 Å². The number of amides is 1. The van der Waals surface area contributed by atoms with Crippen LogP contribution in [0.1, 0.15) is 13.8 Å². The summed E-state index contributed by atoms with van der Waals surface area (Å²) in [7, 11) is -1.23. The van der Waals surface area contributed by atoms with Crippen molar-refractivity contribution >= 4 is 22.7 Å². The summed E-state index contributed by atoms with van der Waals surface area (Å²) < 4.78 is 10.8. The summed E-state index contributed by atoms with van der Waals surface area (Å²) in [6.07, 6.45) is 0.176. The average Bonchev–Trinajstić information content (AvgIpc) is 1.97. The number of carboxylic acid groups (broad SMARTS) is 1. The second-order valence-corrected chi connectivity index (χ2v) is 4.79. The van der Waals surface area contributed by atoms with Gasteiger partial charge in [-0.15, -0.1) is 0 Å². The zero-order valence-electron chi connectivity index (χ0n) is 8.44. The molecule has 0 spiro atoms. The highest BCUT2D eigenvalue weighted by atomic mass is 32.2. The molecule has 0 saturated heterocycles. The molecule has 14 heavy (non-hydrogen) atoms. The Morgan fingerprint density at radius 1 is 1.43 bits per heavy atom. The van der Waals surface area contributed by atoms with Gasteiger partial charge in [0, 0.05) is 17.1 Å². The molecule has 82 valence electrons. The predicted molar refractivity (Wildman–Crippen MR) is 53.7 cm³/mol. The predicted octanol–water partition coefficient (Wildman–Crippen LogP) is 0.226. The molecule has 2 atom stereocenters. The Balaban J connectivity index is 4.41. The van der Waals surface area contributed by atoms with Gasteiger partial charge in [-0.3, -0.25) is 9.00 Å². The summed E-state index contributed by atoms with van der Waals surface area (Å²) in [5.41, 5.74) is 0. The number of carbonyl (C=O) groups excluding carboxylic acids is 1. The lowest BCUT2D eigenvalue weighted by atomic mass is 10.0. The quantitative estimate of drug-likeness (QED) is 0.696.